The van der Waals surface area contributed by atoms with E-state index < -0.39 is 0 Å². The normalized spacial score (nSPS) is 33.6. The Kier molecular flexibility index (Phi) is 2.89. The highest BCUT2D eigenvalue weighted by Crippen LogP contribution is 2.32. The first kappa shape index (κ1) is 10.5. The van der Waals surface area contributed by atoms with Gasteiger partial charge in [0, 0.05) is 30.0 Å². The number of rotatable bonds is 1. The Balaban J connectivity index is 2.00. The second kappa shape index (κ2) is 3.86. The van der Waals surface area contributed by atoms with Crippen molar-refractivity contribution in [3.8, 4) is 0 Å². The van der Waals surface area contributed by atoms with Gasteiger partial charge in [0.2, 0.25) is 0 Å². The van der Waals surface area contributed by atoms with Crippen LogP contribution in [-0.4, -0.2) is 40.3 Å². The molecule has 0 aromatic carbocycles. The van der Waals surface area contributed by atoms with E-state index in [0.717, 1.165) is 32.4 Å². The van der Waals surface area contributed by atoms with E-state index in [9.17, 15) is 4.79 Å². The average molecular weight is 213 g/mol. The van der Waals surface area contributed by atoms with Crippen molar-refractivity contribution in [2.24, 2.45) is 0 Å². The van der Waals surface area contributed by atoms with Crippen molar-refractivity contribution in [2.45, 2.75) is 43.9 Å². The summed E-state index contributed by atoms with van der Waals surface area (Å²) in [6.07, 6.45) is 3.02. The molecule has 14 heavy (non-hydrogen) atoms. The Morgan fingerprint density at radius 2 is 2.29 bits per heavy atom. The molecule has 2 nitrogen and oxygen atoms in total. The summed E-state index contributed by atoms with van der Waals surface area (Å²) in [5.41, 5.74) is 0. The average Bonchev–Trinajstić information content (AvgIpc) is 2.49. The third-order valence-corrected chi connectivity index (χ3v) is 4.47. The van der Waals surface area contributed by atoms with E-state index >= 15 is 0 Å². The molecule has 2 aliphatic rings. The highest BCUT2D eigenvalue weighted by atomic mass is 32.2. The first-order valence-corrected chi connectivity index (χ1v) is 6.48. The summed E-state index contributed by atoms with van der Waals surface area (Å²) in [5.74, 6) is 1.66. The zero-order valence-electron chi connectivity index (χ0n) is 9.08. The van der Waals surface area contributed by atoms with Gasteiger partial charge in [0.1, 0.15) is 5.78 Å². The van der Waals surface area contributed by atoms with Gasteiger partial charge in [-0.2, -0.15) is 11.8 Å². The Bertz CT molecular complexity index is 239. The minimum Gasteiger partial charge on any atom is -0.298 e. The van der Waals surface area contributed by atoms with Crippen LogP contribution >= 0.6 is 11.8 Å². The fraction of sp³-hybridized carbons (Fsp3) is 0.909. The number of hydrogen-bond donors (Lipinski definition) is 0. The molecule has 0 aromatic rings. The van der Waals surface area contributed by atoms with E-state index in [1.807, 2.05) is 11.8 Å². The van der Waals surface area contributed by atoms with Crippen molar-refractivity contribution in [1.29, 1.82) is 0 Å². The first-order chi connectivity index (χ1) is 6.58. The molecule has 1 unspecified atom stereocenters. The number of Topliss-reactive ketones (excluding diaryl/α,β-unsaturated/α-hetero) is 1. The van der Waals surface area contributed by atoms with Crippen molar-refractivity contribution in [2.75, 3.05) is 18.8 Å². The predicted octanol–water partition coefficient (Wildman–Crippen LogP) is 1.94. The number of carbonyl (C=O) groups excluding carboxylic acids is 1. The third kappa shape index (κ3) is 2.14. The second-order valence-corrected chi connectivity index (χ2v) is 6.76. The van der Waals surface area contributed by atoms with Gasteiger partial charge in [0.05, 0.1) is 6.04 Å². The predicted molar refractivity (Wildman–Crippen MR) is 60.8 cm³/mol. The van der Waals surface area contributed by atoms with E-state index in [-0.39, 0.29) is 6.04 Å². The van der Waals surface area contributed by atoms with Crippen LogP contribution < -0.4 is 0 Å². The van der Waals surface area contributed by atoms with Crippen molar-refractivity contribution in [3.63, 3.8) is 0 Å². The Hall–Kier alpha value is -0.0200. The molecule has 1 aliphatic heterocycles. The second-order valence-electron chi connectivity index (χ2n) is 4.95. The molecule has 0 spiro atoms. The van der Waals surface area contributed by atoms with Crippen LogP contribution in [0.25, 0.3) is 0 Å². The smallest absolute Gasteiger partial charge is 0.149 e. The topological polar surface area (TPSA) is 20.3 Å². The number of ketones is 1. The lowest BCUT2D eigenvalue weighted by Crippen LogP contribution is -2.49. The first-order valence-electron chi connectivity index (χ1n) is 5.49. The molecule has 3 heteroatoms. The summed E-state index contributed by atoms with van der Waals surface area (Å²) in [7, 11) is 0. The summed E-state index contributed by atoms with van der Waals surface area (Å²) in [4.78, 5) is 14.0. The number of carbonyl (C=O) groups is 1. The Morgan fingerprint density at radius 3 is 2.86 bits per heavy atom. The monoisotopic (exact) mass is 213 g/mol. The fourth-order valence-corrected chi connectivity index (χ4v) is 3.64. The quantitative estimate of drug-likeness (QED) is 0.664. The van der Waals surface area contributed by atoms with Crippen molar-refractivity contribution < 1.29 is 4.79 Å². The maximum atomic E-state index is 11.6. The fourth-order valence-electron chi connectivity index (χ4n) is 2.50. The van der Waals surface area contributed by atoms with Gasteiger partial charge in [-0.1, -0.05) is 0 Å². The van der Waals surface area contributed by atoms with E-state index in [0.29, 0.717) is 10.5 Å². The SMILES string of the molecule is CC1(C)CN(C2CCCC2=O)CCS1. The Labute approximate surface area is 90.4 Å². The van der Waals surface area contributed by atoms with Gasteiger partial charge in [0.15, 0.2) is 0 Å². The summed E-state index contributed by atoms with van der Waals surface area (Å²) in [5, 5.41) is 0. The minimum atomic E-state index is 0.259. The zero-order chi connectivity index (χ0) is 10.2. The highest BCUT2D eigenvalue weighted by molar-refractivity contribution is 8.00. The summed E-state index contributed by atoms with van der Waals surface area (Å²) < 4.78 is 0.334. The van der Waals surface area contributed by atoms with E-state index in [1.54, 1.807) is 0 Å². The standard InChI is InChI=1S/C11H19NOS/c1-11(2)8-12(6-7-14-11)9-4-3-5-10(9)13/h9H,3-8H2,1-2H3. The zero-order valence-corrected chi connectivity index (χ0v) is 9.90. The summed E-state index contributed by atoms with van der Waals surface area (Å²) >= 11 is 2.03. The molecular weight excluding hydrogens is 194 g/mol. The van der Waals surface area contributed by atoms with Gasteiger partial charge in [-0.25, -0.2) is 0 Å². The van der Waals surface area contributed by atoms with Crippen LogP contribution in [0, 0.1) is 0 Å². The lowest BCUT2D eigenvalue weighted by Gasteiger charge is -2.40. The van der Waals surface area contributed by atoms with Crippen LogP contribution in [0.3, 0.4) is 0 Å². The lowest BCUT2D eigenvalue weighted by atomic mass is 10.1. The van der Waals surface area contributed by atoms with Gasteiger partial charge in [-0.05, 0) is 26.7 Å². The van der Waals surface area contributed by atoms with E-state index in [2.05, 4.69) is 18.7 Å². The van der Waals surface area contributed by atoms with Crippen molar-refractivity contribution in [1.82, 2.24) is 4.90 Å². The molecular formula is C11H19NOS. The molecule has 0 radical (unpaired) electrons. The van der Waals surface area contributed by atoms with Crippen LogP contribution in [0.15, 0.2) is 0 Å². The molecule has 0 bridgehead atoms. The highest BCUT2D eigenvalue weighted by Gasteiger charge is 2.35. The van der Waals surface area contributed by atoms with Gasteiger partial charge < -0.3 is 0 Å². The molecule has 1 atom stereocenters. The van der Waals surface area contributed by atoms with E-state index in [1.165, 1.54) is 5.75 Å². The van der Waals surface area contributed by atoms with Gasteiger partial charge in [0.25, 0.3) is 0 Å². The molecule has 0 amide bonds. The van der Waals surface area contributed by atoms with Crippen molar-refractivity contribution in [3.05, 3.63) is 0 Å². The molecule has 1 saturated heterocycles. The molecule has 80 valence electrons. The minimum absolute atomic E-state index is 0.259. The molecule has 2 fully saturated rings. The van der Waals surface area contributed by atoms with Crippen LogP contribution in [-0.2, 0) is 4.79 Å². The number of hydrogen-bond acceptors (Lipinski definition) is 3. The maximum absolute atomic E-state index is 11.6. The molecule has 0 N–H and O–H groups in total. The number of thioether (sulfide) groups is 1. The van der Waals surface area contributed by atoms with Gasteiger partial charge in [-0.3, -0.25) is 9.69 Å². The van der Waals surface area contributed by atoms with Gasteiger partial charge in [-0.15, -0.1) is 0 Å². The maximum Gasteiger partial charge on any atom is 0.149 e. The molecule has 0 aromatic heterocycles. The lowest BCUT2D eigenvalue weighted by molar-refractivity contribution is -0.122. The van der Waals surface area contributed by atoms with Crippen molar-refractivity contribution >= 4 is 17.5 Å². The van der Waals surface area contributed by atoms with Crippen LogP contribution in [0.5, 0.6) is 0 Å². The van der Waals surface area contributed by atoms with Crippen LogP contribution in [0.4, 0.5) is 0 Å². The summed E-state index contributed by atoms with van der Waals surface area (Å²) in [6, 6.07) is 0.259. The van der Waals surface area contributed by atoms with Gasteiger partial charge >= 0.3 is 0 Å². The molecule has 1 saturated carbocycles. The molecule has 1 aliphatic carbocycles. The van der Waals surface area contributed by atoms with Crippen LogP contribution in [0.1, 0.15) is 33.1 Å². The summed E-state index contributed by atoms with van der Waals surface area (Å²) in [6.45, 7) is 6.74. The molecule has 1 heterocycles. The third-order valence-electron chi connectivity index (χ3n) is 3.17. The van der Waals surface area contributed by atoms with E-state index in [4.69, 9.17) is 0 Å². The number of nitrogens with zero attached hydrogens (tertiary/aromatic N) is 1. The molecule has 2 rings (SSSR count). The largest absolute Gasteiger partial charge is 0.298 e. The van der Waals surface area contributed by atoms with Crippen LogP contribution in [0.2, 0.25) is 0 Å². The Morgan fingerprint density at radius 1 is 1.50 bits per heavy atom.